The number of likely N-dealkylation sites (tertiary alicyclic amines) is 1. The molecule has 0 bridgehead atoms. The Balaban J connectivity index is 2.55. The number of hydrogen-bond acceptors (Lipinski definition) is 3. The Morgan fingerprint density at radius 3 is 2.74 bits per heavy atom. The van der Waals surface area contributed by atoms with Crippen LogP contribution in [-0.2, 0) is 14.8 Å². The van der Waals surface area contributed by atoms with E-state index in [2.05, 4.69) is 20.7 Å². The Morgan fingerprint density at radius 1 is 1.47 bits per heavy atom. The van der Waals surface area contributed by atoms with Crippen molar-refractivity contribution in [1.29, 1.82) is 0 Å². The third-order valence-electron chi connectivity index (χ3n) is 3.38. The fourth-order valence-electron chi connectivity index (χ4n) is 2.36. The number of nitrogens with zero attached hydrogens (tertiary/aromatic N) is 1. The molecule has 19 heavy (non-hydrogen) atoms. The molecule has 0 aromatic rings. The highest BCUT2D eigenvalue weighted by Gasteiger charge is 2.29. The molecule has 0 saturated carbocycles. The van der Waals surface area contributed by atoms with E-state index in [0.717, 1.165) is 38.5 Å². The van der Waals surface area contributed by atoms with Crippen LogP contribution >= 0.6 is 15.9 Å². The van der Waals surface area contributed by atoms with Crippen LogP contribution in [0.5, 0.6) is 0 Å². The van der Waals surface area contributed by atoms with Crippen molar-refractivity contribution in [3.63, 3.8) is 0 Å². The van der Waals surface area contributed by atoms with Crippen LogP contribution in [0.2, 0.25) is 0 Å². The van der Waals surface area contributed by atoms with Gasteiger partial charge < -0.3 is 4.90 Å². The number of carbonyl (C=O) groups excluding carboxylic acids is 1. The number of sulfonamides is 1. The van der Waals surface area contributed by atoms with Crippen molar-refractivity contribution in [2.75, 3.05) is 19.3 Å². The molecule has 7 heteroatoms. The summed E-state index contributed by atoms with van der Waals surface area (Å²) in [6.07, 6.45) is 5.70. The first-order valence-corrected chi connectivity index (χ1v) is 9.55. The summed E-state index contributed by atoms with van der Waals surface area (Å²) in [5, 5.41) is 0. The number of rotatable bonds is 6. The summed E-state index contributed by atoms with van der Waals surface area (Å²) in [4.78, 5) is 14.0. The fraction of sp³-hybridized carbons (Fsp3) is 0.917. The quantitative estimate of drug-likeness (QED) is 0.734. The van der Waals surface area contributed by atoms with Gasteiger partial charge >= 0.3 is 0 Å². The van der Waals surface area contributed by atoms with Crippen LogP contribution in [0, 0.1) is 0 Å². The molecule has 1 rings (SSSR count). The first kappa shape index (κ1) is 16.9. The second-order valence-electron chi connectivity index (χ2n) is 5.01. The Labute approximate surface area is 124 Å². The van der Waals surface area contributed by atoms with Crippen LogP contribution in [-0.4, -0.2) is 49.4 Å². The summed E-state index contributed by atoms with van der Waals surface area (Å²) in [6.45, 7) is 3.15. The molecule has 112 valence electrons. The van der Waals surface area contributed by atoms with Gasteiger partial charge in [0, 0.05) is 19.1 Å². The molecular formula is C12H23BrN2O3S. The third-order valence-corrected chi connectivity index (χ3v) is 5.15. The van der Waals surface area contributed by atoms with Crippen molar-refractivity contribution in [1.82, 2.24) is 9.62 Å². The number of hydrogen-bond donors (Lipinski definition) is 1. The van der Waals surface area contributed by atoms with Crippen LogP contribution in [0.3, 0.4) is 0 Å². The van der Waals surface area contributed by atoms with Gasteiger partial charge in [-0.1, -0.05) is 22.9 Å². The van der Waals surface area contributed by atoms with E-state index in [1.54, 1.807) is 0 Å². The Bertz CT molecular complexity index is 400. The number of alkyl halides is 1. The lowest BCUT2D eigenvalue weighted by Crippen LogP contribution is -2.47. The minimum atomic E-state index is -3.15. The van der Waals surface area contributed by atoms with Crippen molar-refractivity contribution in [2.24, 2.45) is 0 Å². The SMILES string of the molecule is CCC(Br)C(=O)N1CCCCC1CCNS(C)(=O)=O. The summed E-state index contributed by atoms with van der Waals surface area (Å²) in [7, 11) is -3.15. The van der Waals surface area contributed by atoms with Crippen molar-refractivity contribution in [2.45, 2.75) is 49.9 Å². The van der Waals surface area contributed by atoms with Gasteiger partial charge in [0.25, 0.3) is 0 Å². The summed E-state index contributed by atoms with van der Waals surface area (Å²) in [5.41, 5.74) is 0. The number of nitrogens with one attached hydrogen (secondary N) is 1. The molecule has 1 heterocycles. The zero-order chi connectivity index (χ0) is 14.5. The molecule has 0 aromatic heterocycles. The lowest BCUT2D eigenvalue weighted by atomic mass is 9.99. The molecule has 0 aromatic carbocycles. The second kappa shape index (κ2) is 7.59. The van der Waals surface area contributed by atoms with Gasteiger partial charge in [-0.05, 0) is 32.1 Å². The molecule has 2 atom stereocenters. The average molecular weight is 355 g/mol. The van der Waals surface area contributed by atoms with Crippen LogP contribution in [0.15, 0.2) is 0 Å². The van der Waals surface area contributed by atoms with Crippen LogP contribution in [0.25, 0.3) is 0 Å². The number of halogens is 1. The van der Waals surface area contributed by atoms with Crippen LogP contribution in [0.1, 0.15) is 39.0 Å². The standard InChI is InChI=1S/C12H23BrN2O3S/c1-3-11(13)12(16)15-9-5-4-6-10(15)7-8-14-19(2,17)18/h10-11,14H,3-9H2,1-2H3. The first-order chi connectivity index (χ1) is 8.85. The largest absolute Gasteiger partial charge is 0.339 e. The van der Waals surface area contributed by atoms with Crippen molar-refractivity contribution in [3.05, 3.63) is 0 Å². The molecule has 1 aliphatic rings. The van der Waals surface area contributed by atoms with Crippen molar-refractivity contribution >= 4 is 31.9 Å². The summed E-state index contributed by atoms with van der Waals surface area (Å²) in [6, 6.07) is 0.155. The highest BCUT2D eigenvalue weighted by atomic mass is 79.9. The van der Waals surface area contributed by atoms with Crippen LogP contribution in [0.4, 0.5) is 0 Å². The molecule has 1 amide bonds. The van der Waals surface area contributed by atoms with Gasteiger partial charge in [-0.15, -0.1) is 0 Å². The lowest BCUT2D eigenvalue weighted by molar-refractivity contribution is -0.134. The highest BCUT2D eigenvalue weighted by Crippen LogP contribution is 2.22. The summed E-state index contributed by atoms with van der Waals surface area (Å²) >= 11 is 3.40. The third kappa shape index (κ3) is 5.79. The van der Waals surface area contributed by atoms with Gasteiger partial charge in [0.15, 0.2) is 0 Å². The van der Waals surface area contributed by atoms with Crippen LogP contribution < -0.4 is 4.72 Å². The highest BCUT2D eigenvalue weighted by molar-refractivity contribution is 9.10. The normalized spacial score (nSPS) is 22.3. The molecule has 0 radical (unpaired) electrons. The zero-order valence-electron chi connectivity index (χ0n) is 11.6. The monoisotopic (exact) mass is 354 g/mol. The lowest BCUT2D eigenvalue weighted by Gasteiger charge is -2.37. The molecule has 2 unspecified atom stereocenters. The van der Waals surface area contributed by atoms with Crippen molar-refractivity contribution < 1.29 is 13.2 Å². The summed E-state index contributed by atoms with van der Waals surface area (Å²) < 4.78 is 24.6. The zero-order valence-corrected chi connectivity index (χ0v) is 14.0. The Hall–Kier alpha value is -0.140. The van der Waals surface area contributed by atoms with Gasteiger partial charge in [-0.25, -0.2) is 13.1 Å². The second-order valence-corrected chi connectivity index (χ2v) is 7.95. The van der Waals surface area contributed by atoms with E-state index in [0.29, 0.717) is 13.0 Å². The average Bonchev–Trinajstić information content (AvgIpc) is 2.36. The molecule has 1 aliphatic heterocycles. The first-order valence-electron chi connectivity index (χ1n) is 6.74. The maximum atomic E-state index is 12.2. The number of amides is 1. The number of piperidine rings is 1. The van der Waals surface area contributed by atoms with E-state index in [1.807, 2.05) is 11.8 Å². The minimum absolute atomic E-state index is 0.129. The van der Waals surface area contributed by atoms with E-state index in [-0.39, 0.29) is 16.8 Å². The molecule has 0 aliphatic carbocycles. The van der Waals surface area contributed by atoms with Gasteiger partial charge in [-0.3, -0.25) is 4.79 Å². The molecule has 1 fully saturated rings. The maximum absolute atomic E-state index is 12.2. The maximum Gasteiger partial charge on any atom is 0.236 e. The Morgan fingerprint density at radius 2 is 2.16 bits per heavy atom. The number of carbonyl (C=O) groups is 1. The van der Waals surface area contributed by atoms with Gasteiger partial charge in [-0.2, -0.15) is 0 Å². The Kier molecular flexibility index (Phi) is 6.76. The smallest absolute Gasteiger partial charge is 0.236 e. The molecule has 1 saturated heterocycles. The van der Waals surface area contributed by atoms with Gasteiger partial charge in [0.2, 0.25) is 15.9 Å². The van der Waals surface area contributed by atoms with E-state index in [4.69, 9.17) is 0 Å². The minimum Gasteiger partial charge on any atom is -0.339 e. The predicted octanol–water partition coefficient (Wildman–Crippen LogP) is 1.48. The summed E-state index contributed by atoms with van der Waals surface area (Å²) in [5.74, 6) is 0.131. The fourth-order valence-corrected chi connectivity index (χ4v) is 3.11. The molecule has 0 spiro atoms. The topological polar surface area (TPSA) is 66.5 Å². The molecule has 1 N–H and O–H groups in total. The van der Waals surface area contributed by atoms with Gasteiger partial charge in [0.05, 0.1) is 11.1 Å². The van der Waals surface area contributed by atoms with E-state index in [9.17, 15) is 13.2 Å². The van der Waals surface area contributed by atoms with E-state index in [1.165, 1.54) is 0 Å². The predicted molar refractivity (Wildman–Crippen MR) is 79.8 cm³/mol. The van der Waals surface area contributed by atoms with Gasteiger partial charge in [0.1, 0.15) is 0 Å². The molecular weight excluding hydrogens is 332 g/mol. The molecule has 5 nitrogen and oxygen atoms in total. The van der Waals surface area contributed by atoms with Crippen molar-refractivity contribution in [3.8, 4) is 0 Å². The van der Waals surface area contributed by atoms with E-state index >= 15 is 0 Å². The van der Waals surface area contributed by atoms with E-state index < -0.39 is 10.0 Å².